The quantitative estimate of drug-likeness (QED) is 0.0437. The van der Waals surface area contributed by atoms with Gasteiger partial charge in [0.15, 0.2) is 22.9 Å². The van der Waals surface area contributed by atoms with E-state index in [4.69, 9.17) is 15.3 Å². The maximum atomic E-state index is 9.08. The minimum atomic E-state index is -0.235. The van der Waals surface area contributed by atoms with Crippen molar-refractivity contribution >= 4 is 38.9 Å². The maximum Gasteiger partial charge on any atom is 0.180 e. The molecule has 0 saturated heterocycles. The first-order valence-electron chi connectivity index (χ1n) is 20.5. The Bertz CT molecular complexity index is 2830. The molecule has 2 saturated carbocycles. The number of H-pyrrole nitrogens is 2. The van der Waals surface area contributed by atoms with Crippen molar-refractivity contribution in [3.63, 3.8) is 0 Å². The number of rotatable bonds is 14. The zero-order valence-electron chi connectivity index (χ0n) is 33.3. The minimum absolute atomic E-state index is 0.0951. The highest BCUT2D eigenvalue weighted by atomic mass is 79.9. The van der Waals surface area contributed by atoms with Gasteiger partial charge in [0.05, 0.1) is 47.6 Å². The second-order valence-corrected chi connectivity index (χ2v) is 15.9. The Balaban J connectivity index is 0.000000157. The van der Waals surface area contributed by atoms with Crippen LogP contribution < -0.4 is 10.6 Å². The van der Waals surface area contributed by atoms with Crippen LogP contribution in [0.5, 0.6) is 0 Å². The smallest absolute Gasteiger partial charge is 0.180 e. The van der Waals surface area contributed by atoms with E-state index < -0.39 is 0 Å². The second kappa shape index (κ2) is 18.1. The average molecular weight is 882 g/mol. The van der Waals surface area contributed by atoms with Gasteiger partial charge in [0, 0.05) is 61.7 Å². The van der Waals surface area contributed by atoms with E-state index in [2.05, 4.69) is 127 Å². The fourth-order valence-electron chi connectivity index (χ4n) is 7.11. The van der Waals surface area contributed by atoms with E-state index in [1.165, 1.54) is 25.7 Å². The van der Waals surface area contributed by atoms with Crippen LogP contribution in [0.3, 0.4) is 0 Å². The van der Waals surface area contributed by atoms with Gasteiger partial charge < -0.3 is 35.9 Å². The number of aromatic amines is 2. The Kier molecular flexibility index (Phi) is 11.9. The summed E-state index contributed by atoms with van der Waals surface area (Å²) in [6, 6.07) is 16.7. The molecule has 0 bridgehead atoms. The molecule has 10 rings (SSSR count). The zero-order chi connectivity index (χ0) is 41.7. The van der Waals surface area contributed by atoms with E-state index in [0.29, 0.717) is 60.7 Å². The van der Waals surface area contributed by atoms with Crippen LogP contribution in [0.4, 0.5) is 11.6 Å². The highest BCUT2D eigenvalue weighted by molar-refractivity contribution is 9.10. The van der Waals surface area contributed by atoms with Gasteiger partial charge in [-0.3, -0.25) is 8.80 Å². The largest absolute Gasteiger partial charge is 0.396 e. The molecule has 16 heteroatoms. The standard InChI is InChI=1S/C24H24N6O2.C21H21BrN6O/c31-11-1-3-19-15-30-21(14-27-24(30)23(28-19)25-10-2-12-32)17-6-4-16(5-7-17)20-13-26-22(29-20)18-8-9-18;22-18-12-28-17(11-25-21(28)20(27-18)23-8-1-9-29)14-4-2-13(3-5-14)16-10-24-19(26-16)15-6-7-15/h4-7,13-15,18,31-32H,2,8-12H2,(H,25,28)(H,26,29);2-5,10-12,15,29H,1,6-9H2,(H,23,27)(H,24,26). The Morgan fingerprint density at radius 1 is 0.623 bits per heavy atom. The van der Waals surface area contributed by atoms with Gasteiger partial charge in [0.2, 0.25) is 0 Å². The van der Waals surface area contributed by atoms with Gasteiger partial charge in [-0.25, -0.2) is 29.9 Å². The molecule has 0 spiro atoms. The molecule has 8 aromatic rings. The van der Waals surface area contributed by atoms with Crippen LogP contribution in [0.25, 0.3) is 56.3 Å². The van der Waals surface area contributed by atoms with Crippen LogP contribution in [0.1, 0.15) is 67.7 Å². The first-order chi connectivity index (χ1) is 30.0. The molecular weight excluding hydrogens is 836 g/mol. The summed E-state index contributed by atoms with van der Waals surface area (Å²) in [6.45, 7) is 1.21. The topological polar surface area (TPSA) is 202 Å². The van der Waals surface area contributed by atoms with E-state index in [0.717, 1.165) is 66.9 Å². The van der Waals surface area contributed by atoms with Gasteiger partial charge in [0.1, 0.15) is 28.6 Å². The molecule has 2 aromatic carbocycles. The van der Waals surface area contributed by atoms with Crippen LogP contribution in [-0.2, 0) is 0 Å². The van der Waals surface area contributed by atoms with Gasteiger partial charge in [0.25, 0.3) is 0 Å². The third-order valence-electron chi connectivity index (χ3n) is 10.6. The number of hydrogen-bond acceptors (Lipinski definition) is 11. The molecule has 0 unspecified atom stereocenters. The van der Waals surface area contributed by atoms with E-state index in [1.54, 1.807) is 0 Å². The van der Waals surface area contributed by atoms with Gasteiger partial charge >= 0.3 is 0 Å². The zero-order valence-corrected chi connectivity index (χ0v) is 34.9. The molecule has 0 radical (unpaired) electrons. The van der Waals surface area contributed by atoms with Crippen molar-refractivity contribution in [2.45, 2.75) is 50.4 Å². The number of aromatic nitrogens is 10. The number of imidazole rings is 4. The second-order valence-electron chi connectivity index (χ2n) is 15.1. The fraction of sp³-hybridized carbons (Fsp3) is 0.289. The monoisotopic (exact) mass is 880 g/mol. The lowest BCUT2D eigenvalue weighted by atomic mass is 10.1. The predicted octanol–water partition coefficient (Wildman–Crippen LogP) is 7.02. The lowest BCUT2D eigenvalue weighted by Gasteiger charge is -2.09. The molecule has 61 heavy (non-hydrogen) atoms. The predicted molar refractivity (Wildman–Crippen MR) is 238 cm³/mol. The van der Waals surface area contributed by atoms with E-state index in [-0.39, 0.29) is 19.8 Å². The first-order valence-corrected chi connectivity index (χ1v) is 21.3. The number of nitrogens with one attached hydrogen (secondary N) is 4. The summed E-state index contributed by atoms with van der Waals surface area (Å²) in [5, 5.41) is 33.6. The Morgan fingerprint density at radius 3 is 1.57 bits per heavy atom. The van der Waals surface area contributed by atoms with Crippen molar-refractivity contribution in [1.29, 1.82) is 0 Å². The molecule has 15 nitrogen and oxygen atoms in total. The normalized spacial score (nSPS) is 13.5. The van der Waals surface area contributed by atoms with Crippen molar-refractivity contribution < 1.29 is 15.3 Å². The molecule has 0 amide bonds. The van der Waals surface area contributed by atoms with Crippen molar-refractivity contribution in [2.75, 3.05) is 43.5 Å². The summed E-state index contributed by atoms with van der Waals surface area (Å²) in [5.74, 6) is 10.2. The summed E-state index contributed by atoms with van der Waals surface area (Å²) in [5.41, 5.74) is 10.2. The highest BCUT2D eigenvalue weighted by Crippen LogP contribution is 2.40. The van der Waals surface area contributed by atoms with Crippen LogP contribution in [-0.4, -0.2) is 96.9 Å². The Morgan fingerprint density at radius 2 is 1.10 bits per heavy atom. The van der Waals surface area contributed by atoms with Gasteiger partial charge in [-0.15, -0.1) is 0 Å². The van der Waals surface area contributed by atoms with Gasteiger partial charge in [-0.1, -0.05) is 54.5 Å². The number of halogens is 1. The number of anilines is 2. The molecular formula is C45H45BrN12O3. The summed E-state index contributed by atoms with van der Waals surface area (Å²) < 4.78 is 4.69. The molecule has 6 heterocycles. The molecule has 6 aromatic heterocycles. The number of nitrogens with zero attached hydrogens (tertiary/aromatic N) is 8. The third kappa shape index (κ3) is 9.05. The number of benzene rings is 2. The van der Waals surface area contributed by atoms with Crippen molar-refractivity contribution in [2.24, 2.45) is 0 Å². The number of aliphatic hydroxyl groups excluding tert-OH is 3. The van der Waals surface area contributed by atoms with Crippen LogP contribution in [0, 0.1) is 11.8 Å². The number of aliphatic hydroxyl groups is 3. The van der Waals surface area contributed by atoms with Crippen LogP contribution in [0.15, 0.2) is 90.3 Å². The molecule has 0 atom stereocenters. The number of fused-ring (bicyclic) bond motifs is 2. The SMILES string of the molecule is OCC#Cc1cn2c(-c3ccc(-c4cnc(C5CC5)[nH]4)cc3)cnc2c(NCCCO)n1.OCCCNc1nc(Br)cn2c(-c3ccc(-c4cnc(C5CC5)[nH]4)cc3)cnc12. The van der Waals surface area contributed by atoms with Crippen LogP contribution >= 0.6 is 15.9 Å². The van der Waals surface area contributed by atoms with Crippen molar-refractivity contribution in [3.8, 4) is 56.9 Å². The molecule has 7 N–H and O–H groups in total. The lowest BCUT2D eigenvalue weighted by molar-refractivity contribution is 0.292. The highest BCUT2D eigenvalue weighted by Gasteiger charge is 2.27. The first kappa shape index (κ1) is 40.0. The lowest BCUT2D eigenvalue weighted by Crippen LogP contribution is -2.08. The van der Waals surface area contributed by atoms with E-state index in [1.807, 2.05) is 46.0 Å². The maximum absolute atomic E-state index is 9.08. The summed E-state index contributed by atoms with van der Waals surface area (Å²) in [6.07, 6.45) is 17.4. The van der Waals surface area contributed by atoms with E-state index >= 15 is 0 Å². The molecule has 2 aliphatic carbocycles. The fourth-order valence-corrected chi connectivity index (χ4v) is 7.49. The molecule has 310 valence electrons. The number of hydrogen-bond donors (Lipinski definition) is 7. The molecule has 2 aliphatic rings. The Labute approximate surface area is 360 Å². The van der Waals surface area contributed by atoms with Crippen molar-refractivity contribution in [3.05, 3.63) is 108 Å². The summed E-state index contributed by atoms with van der Waals surface area (Å²) >= 11 is 3.48. The summed E-state index contributed by atoms with van der Waals surface area (Å²) in [4.78, 5) is 34.0. The van der Waals surface area contributed by atoms with Gasteiger partial charge in [-0.2, -0.15) is 0 Å². The summed E-state index contributed by atoms with van der Waals surface area (Å²) in [7, 11) is 0. The van der Waals surface area contributed by atoms with Crippen LogP contribution in [0.2, 0.25) is 0 Å². The Hall–Kier alpha value is -6.38. The minimum Gasteiger partial charge on any atom is -0.396 e. The van der Waals surface area contributed by atoms with E-state index in [9.17, 15) is 0 Å². The van der Waals surface area contributed by atoms with Crippen molar-refractivity contribution in [1.82, 2.24) is 48.7 Å². The average Bonchev–Trinajstić information content (AvgIpc) is 4.08. The molecule has 2 fully saturated rings. The van der Waals surface area contributed by atoms with Gasteiger partial charge in [-0.05, 0) is 71.5 Å². The molecule has 0 aliphatic heterocycles. The third-order valence-corrected chi connectivity index (χ3v) is 11.0.